The number of hydrogen-bond donors (Lipinski definition) is 1. The first-order valence-corrected chi connectivity index (χ1v) is 5.66. The number of aryl methyl sites for hydroxylation is 1. The number of nitrogens with one attached hydrogen (secondary N) is 1. The molecule has 1 saturated carbocycles. The molecule has 0 saturated heterocycles. The summed E-state index contributed by atoms with van der Waals surface area (Å²) in [5.74, 6) is 1.90. The van der Waals surface area contributed by atoms with E-state index in [0.29, 0.717) is 0 Å². The molecule has 1 fully saturated rings. The molecule has 16 heavy (non-hydrogen) atoms. The van der Waals surface area contributed by atoms with Crippen LogP contribution in [0, 0.1) is 24.2 Å². The van der Waals surface area contributed by atoms with E-state index in [4.69, 9.17) is 5.26 Å². The van der Waals surface area contributed by atoms with Crippen molar-refractivity contribution < 1.29 is 0 Å². The second kappa shape index (κ2) is 3.34. The molecule has 0 amide bonds. The van der Waals surface area contributed by atoms with E-state index in [1.165, 1.54) is 12.8 Å². The Kier molecular flexibility index (Phi) is 1.97. The lowest BCUT2D eigenvalue weighted by Gasteiger charge is -1.95. The van der Waals surface area contributed by atoms with Gasteiger partial charge in [0, 0.05) is 6.42 Å². The summed E-state index contributed by atoms with van der Waals surface area (Å²) < 4.78 is 0. The molecule has 0 radical (unpaired) electrons. The van der Waals surface area contributed by atoms with Gasteiger partial charge in [0.25, 0.3) is 0 Å². The van der Waals surface area contributed by atoms with Crippen LogP contribution in [0.1, 0.15) is 29.8 Å². The molecule has 0 bridgehead atoms. The highest BCUT2D eigenvalue weighted by Gasteiger charge is 2.23. The van der Waals surface area contributed by atoms with Gasteiger partial charge >= 0.3 is 0 Å². The Labute approximate surface area is 94.1 Å². The largest absolute Gasteiger partial charge is 0.342 e. The zero-order valence-corrected chi connectivity index (χ0v) is 9.25. The summed E-state index contributed by atoms with van der Waals surface area (Å²) in [7, 11) is 0. The van der Waals surface area contributed by atoms with E-state index in [0.717, 1.165) is 40.3 Å². The Hall–Kier alpha value is -1.82. The molecule has 80 valence electrons. The normalized spacial score (nSPS) is 15.2. The number of imidazole rings is 1. The fraction of sp³-hybridized carbons (Fsp3) is 0.385. The molecule has 0 spiro atoms. The maximum atomic E-state index is 8.95. The van der Waals surface area contributed by atoms with Crippen LogP contribution in [0.4, 0.5) is 0 Å². The molecule has 0 aliphatic heterocycles. The van der Waals surface area contributed by atoms with E-state index in [9.17, 15) is 0 Å². The highest BCUT2D eigenvalue weighted by Crippen LogP contribution is 2.32. The fourth-order valence-corrected chi connectivity index (χ4v) is 2.08. The number of fused-ring (bicyclic) bond motifs is 1. The van der Waals surface area contributed by atoms with E-state index in [-0.39, 0.29) is 0 Å². The van der Waals surface area contributed by atoms with Gasteiger partial charge in [0.05, 0.1) is 22.7 Å². The van der Waals surface area contributed by atoms with Gasteiger partial charge in [-0.2, -0.15) is 5.26 Å². The van der Waals surface area contributed by atoms with Crippen LogP contribution < -0.4 is 0 Å². The molecule has 3 nitrogen and oxygen atoms in total. The number of benzene rings is 1. The molecular formula is C13H13N3. The minimum atomic E-state index is 0.719. The average Bonchev–Trinajstić information content (AvgIpc) is 2.97. The van der Waals surface area contributed by atoms with Crippen molar-refractivity contribution in [3.8, 4) is 6.07 Å². The van der Waals surface area contributed by atoms with Gasteiger partial charge in [-0.3, -0.25) is 0 Å². The molecule has 2 aromatic rings. The maximum absolute atomic E-state index is 8.95. The topological polar surface area (TPSA) is 52.5 Å². The Morgan fingerprint density at radius 2 is 2.31 bits per heavy atom. The summed E-state index contributed by atoms with van der Waals surface area (Å²) in [6.45, 7) is 1.96. The van der Waals surface area contributed by atoms with Crippen LogP contribution in [0.15, 0.2) is 12.1 Å². The summed E-state index contributed by atoms with van der Waals surface area (Å²) in [6.07, 6.45) is 3.72. The SMILES string of the molecule is Cc1c(C#N)ccc2[nH]c(CC3CC3)nc12. The number of aromatic nitrogens is 2. The quantitative estimate of drug-likeness (QED) is 0.830. The number of H-pyrrole nitrogens is 1. The molecule has 0 atom stereocenters. The van der Waals surface area contributed by atoms with Crippen LogP contribution in [0.3, 0.4) is 0 Å². The van der Waals surface area contributed by atoms with E-state index in [2.05, 4.69) is 16.0 Å². The third-order valence-electron chi connectivity index (χ3n) is 3.26. The molecule has 3 rings (SSSR count). The Bertz CT molecular complexity index is 585. The van der Waals surface area contributed by atoms with Crippen molar-refractivity contribution in [3.05, 3.63) is 29.1 Å². The number of hydrogen-bond acceptors (Lipinski definition) is 2. The minimum absolute atomic E-state index is 0.719. The van der Waals surface area contributed by atoms with Crippen molar-refractivity contribution in [1.29, 1.82) is 5.26 Å². The van der Waals surface area contributed by atoms with Gasteiger partial charge in [0.2, 0.25) is 0 Å². The number of nitriles is 1. The van der Waals surface area contributed by atoms with E-state index < -0.39 is 0 Å². The lowest BCUT2D eigenvalue weighted by molar-refractivity contribution is 0.787. The molecule has 1 N–H and O–H groups in total. The fourth-order valence-electron chi connectivity index (χ4n) is 2.08. The Morgan fingerprint density at radius 3 is 3.00 bits per heavy atom. The number of nitrogens with zero attached hydrogens (tertiary/aromatic N) is 2. The molecule has 3 heteroatoms. The van der Waals surface area contributed by atoms with Crippen LogP contribution >= 0.6 is 0 Å². The van der Waals surface area contributed by atoms with E-state index >= 15 is 0 Å². The molecule has 1 aliphatic carbocycles. The Morgan fingerprint density at radius 1 is 1.50 bits per heavy atom. The predicted molar refractivity (Wildman–Crippen MR) is 62.0 cm³/mol. The zero-order chi connectivity index (χ0) is 11.1. The highest BCUT2D eigenvalue weighted by molar-refractivity contribution is 5.81. The van der Waals surface area contributed by atoms with Gasteiger partial charge in [0.15, 0.2) is 0 Å². The molecule has 1 aliphatic rings. The van der Waals surface area contributed by atoms with E-state index in [1.807, 2.05) is 19.1 Å². The van der Waals surface area contributed by atoms with Gasteiger partial charge in [0.1, 0.15) is 5.82 Å². The van der Waals surface area contributed by atoms with E-state index in [1.54, 1.807) is 0 Å². The first-order valence-electron chi connectivity index (χ1n) is 5.66. The number of aromatic amines is 1. The van der Waals surface area contributed by atoms with Crippen LogP contribution in [-0.2, 0) is 6.42 Å². The van der Waals surface area contributed by atoms with Crippen LogP contribution in [-0.4, -0.2) is 9.97 Å². The third-order valence-corrected chi connectivity index (χ3v) is 3.26. The second-order valence-corrected chi connectivity index (χ2v) is 4.58. The zero-order valence-electron chi connectivity index (χ0n) is 9.25. The Balaban J connectivity index is 2.09. The van der Waals surface area contributed by atoms with Crippen molar-refractivity contribution >= 4 is 11.0 Å². The minimum Gasteiger partial charge on any atom is -0.342 e. The van der Waals surface area contributed by atoms with Gasteiger partial charge in [-0.05, 0) is 43.4 Å². The van der Waals surface area contributed by atoms with Gasteiger partial charge < -0.3 is 4.98 Å². The molecule has 0 unspecified atom stereocenters. The van der Waals surface area contributed by atoms with Crippen molar-refractivity contribution in [2.24, 2.45) is 5.92 Å². The maximum Gasteiger partial charge on any atom is 0.107 e. The van der Waals surface area contributed by atoms with Gasteiger partial charge in [-0.1, -0.05) is 0 Å². The van der Waals surface area contributed by atoms with Crippen LogP contribution in [0.5, 0.6) is 0 Å². The van der Waals surface area contributed by atoms with Crippen molar-refractivity contribution in [3.63, 3.8) is 0 Å². The summed E-state index contributed by atoms with van der Waals surface area (Å²) in [4.78, 5) is 7.93. The van der Waals surface area contributed by atoms with Gasteiger partial charge in [-0.15, -0.1) is 0 Å². The molecular weight excluding hydrogens is 198 g/mol. The first kappa shape index (κ1) is 9.41. The summed E-state index contributed by atoms with van der Waals surface area (Å²) in [5, 5.41) is 8.95. The number of rotatable bonds is 2. The van der Waals surface area contributed by atoms with Crippen molar-refractivity contribution in [2.75, 3.05) is 0 Å². The smallest absolute Gasteiger partial charge is 0.107 e. The van der Waals surface area contributed by atoms with Crippen molar-refractivity contribution in [1.82, 2.24) is 9.97 Å². The highest BCUT2D eigenvalue weighted by atomic mass is 14.9. The van der Waals surface area contributed by atoms with Gasteiger partial charge in [-0.25, -0.2) is 4.98 Å². The summed E-state index contributed by atoms with van der Waals surface area (Å²) in [5.41, 5.74) is 3.71. The average molecular weight is 211 g/mol. The monoisotopic (exact) mass is 211 g/mol. The third kappa shape index (κ3) is 1.47. The van der Waals surface area contributed by atoms with Crippen LogP contribution in [0.25, 0.3) is 11.0 Å². The standard InChI is InChI=1S/C13H13N3/c1-8-10(7-14)4-5-11-13(8)16-12(15-11)6-9-2-3-9/h4-5,9H,2-3,6H2,1H3,(H,15,16). The summed E-state index contributed by atoms with van der Waals surface area (Å²) >= 11 is 0. The van der Waals surface area contributed by atoms with Crippen molar-refractivity contribution in [2.45, 2.75) is 26.2 Å². The first-order chi connectivity index (χ1) is 7.78. The molecule has 1 aromatic heterocycles. The lowest BCUT2D eigenvalue weighted by Crippen LogP contribution is -1.88. The molecule has 1 aromatic carbocycles. The summed E-state index contributed by atoms with van der Waals surface area (Å²) in [6, 6.07) is 6.00. The van der Waals surface area contributed by atoms with Crippen LogP contribution in [0.2, 0.25) is 0 Å². The predicted octanol–water partition coefficient (Wildman–Crippen LogP) is 2.70. The lowest BCUT2D eigenvalue weighted by atomic mass is 10.1. The molecule has 1 heterocycles. The second-order valence-electron chi connectivity index (χ2n) is 4.58.